The third-order valence-corrected chi connectivity index (χ3v) is 3.87. The van der Waals surface area contributed by atoms with E-state index in [0.717, 1.165) is 16.0 Å². The molecule has 1 heterocycles. The molecule has 0 atom stereocenters. The second-order valence-corrected chi connectivity index (χ2v) is 4.84. The molecule has 19 heavy (non-hydrogen) atoms. The quantitative estimate of drug-likeness (QED) is 0.914. The fraction of sp³-hybridized carbons (Fsp3) is 0.286. The van der Waals surface area contributed by atoms with Gasteiger partial charge in [-0.15, -0.1) is 11.3 Å². The molecule has 0 aliphatic rings. The van der Waals surface area contributed by atoms with Gasteiger partial charge in [-0.25, -0.2) is 0 Å². The minimum atomic E-state index is 0.504. The van der Waals surface area contributed by atoms with Gasteiger partial charge in [0.25, 0.3) is 0 Å². The lowest BCUT2D eigenvalue weighted by molar-refractivity contribution is 0.325. The Labute approximate surface area is 116 Å². The van der Waals surface area contributed by atoms with E-state index in [0.29, 0.717) is 23.8 Å². The van der Waals surface area contributed by atoms with Gasteiger partial charge in [0.15, 0.2) is 11.5 Å². The van der Waals surface area contributed by atoms with Crippen molar-refractivity contribution in [1.29, 1.82) is 0 Å². The molecule has 1 aromatic carbocycles. The van der Waals surface area contributed by atoms with Crippen molar-refractivity contribution in [3.63, 3.8) is 0 Å². The molecule has 2 aromatic rings. The van der Waals surface area contributed by atoms with Gasteiger partial charge in [0.05, 0.1) is 21.3 Å². The van der Waals surface area contributed by atoms with Crippen molar-refractivity contribution >= 4 is 11.3 Å². The molecule has 0 unspecified atom stereocenters. The summed E-state index contributed by atoms with van der Waals surface area (Å²) in [4.78, 5) is 1.12. The Hall–Kier alpha value is -1.72. The van der Waals surface area contributed by atoms with Crippen LogP contribution >= 0.6 is 11.3 Å². The smallest absolute Gasteiger partial charge is 0.203 e. The van der Waals surface area contributed by atoms with E-state index in [2.05, 4.69) is 0 Å². The van der Waals surface area contributed by atoms with Gasteiger partial charge in [-0.3, -0.25) is 0 Å². The fourth-order valence-electron chi connectivity index (χ4n) is 2.05. The van der Waals surface area contributed by atoms with Gasteiger partial charge in [-0.2, -0.15) is 0 Å². The number of rotatable bonds is 5. The van der Waals surface area contributed by atoms with Crippen molar-refractivity contribution in [2.75, 3.05) is 21.3 Å². The van der Waals surface area contributed by atoms with Gasteiger partial charge < -0.3 is 19.9 Å². The number of thiophene rings is 1. The van der Waals surface area contributed by atoms with Crippen molar-refractivity contribution in [2.24, 2.45) is 5.73 Å². The van der Waals surface area contributed by atoms with E-state index in [1.54, 1.807) is 32.7 Å². The Kier molecular flexibility index (Phi) is 4.29. The van der Waals surface area contributed by atoms with Crippen LogP contribution in [0, 0.1) is 0 Å². The van der Waals surface area contributed by atoms with Gasteiger partial charge >= 0.3 is 0 Å². The van der Waals surface area contributed by atoms with E-state index in [4.69, 9.17) is 19.9 Å². The van der Waals surface area contributed by atoms with E-state index < -0.39 is 0 Å². The Balaban J connectivity index is 2.64. The standard InChI is InChI=1S/C14H17NO3S/c1-16-11-5-4-10(13(17-2)14(11)18-3)9-6-7-19-12(9)8-15/h4-7H,8,15H2,1-3H3. The van der Waals surface area contributed by atoms with Crippen molar-refractivity contribution in [3.8, 4) is 28.4 Å². The first-order valence-corrected chi connectivity index (χ1v) is 6.70. The lowest BCUT2D eigenvalue weighted by Crippen LogP contribution is -1.99. The average Bonchev–Trinajstić information content (AvgIpc) is 2.93. The van der Waals surface area contributed by atoms with E-state index in [1.165, 1.54) is 0 Å². The highest BCUT2D eigenvalue weighted by molar-refractivity contribution is 7.10. The third-order valence-electron chi connectivity index (χ3n) is 2.93. The molecule has 4 nitrogen and oxygen atoms in total. The number of benzene rings is 1. The van der Waals surface area contributed by atoms with Crippen LogP contribution in [0.1, 0.15) is 4.88 Å². The molecular formula is C14H17NO3S. The Morgan fingerprint density at radius 1 is 0.947 bits per heavy atom. The molecule has 5 heteroatoms. The van der Waals surface area contributed by atoms with Crippen LogP contribution in [-0.2, 0) is 6.54 Å². The molecule has 0 bridgehead atoms. The van der Waals surface area contributed by atoms with E-state index in [1.807, 2.05) is 23.6 Å². The maximum absolute atomic E-state index is 5.76. The summed E-state index contributed by atoms with van der Waals surface area (Å²) in [6.45, 7) is 0.504. The van der Waals surface area contributed by atoms with Gasteiger partial charge in [0.2, 0.25) is 5.75 Å². The van der Waals surface area contributed by atoms with E-state index in [-0.39, 0.29) is 0 Å². The van der Waals surface area contributed by atoms with Crippen LogP contribution in [-0.4, -0.2) is 21.3 Å². The number of methoxy groups -OCH3 is 3. The molecule has 0 fully saturated rings. The first-order valence-electron chi connectivity index (χ1n) is 5.82. The molecule has 2 rings (SSSR count). The highest BCUT2D eigenvalue weighted by atomic mass is 32.1. The predicted octanol–water partition coefficient (Wildman–Crippen LogP) is 2.90. The molecule has 0 spiro atoms. The summed E-state index contributed by atoms with van der Waals surface area (Å²) >= 11 is 1.63. The minimum absolute atomic E-state index is 0.504. The number of hydrogen-bond acceptors (Lipinski definition) is 5. The molecule has 0 aliphatic heterocycles. The van der Waals surface area contributed by atoms with E-state index >= 15 is 0 Å². The molecule has 0 amide bonds. The second kappa shape index (κ2) is 5.95. The van der Waals surface area contributed by atoms with Crippen molar-refractivity contribution in [2.45, 2.75) is 6.54 Å². The zero-order chi connectivity index (χ0) is 13.8. The molecule has 0 radical (unpaired) electrons. The SMILES string of the molecule is COc1ccc(-c2ccsc2CN)c(OC)c1OC. The summed E-state index contributed by atoms with van der Waals surface area (Å²) in [6.07, 6.45) is 0. The highest BCUT2D eigenvalue weighted by Crippen LogP contribution is 2.45. The monoisotopic (exact) mass is 279 g/mol. The topological polar surface area (TPSA) is 53.7 Å². The van der Waals surface area contributed by atoms with Crippen LogP contribution in [0.25, 0.3) is 11.1 Å². The zero-order valence-electron chi connectivity index (χ0n) is 11.2. The first kappa shape index (κ1) is 13.7. The largest absolute Gasteiger partial charge is 0.493 e. The summed E-state index contributed by atoms with van der Waals surface area (Å²) in [5.74, 6) is 1.90. The summed E-state index contributed by atoms with van der Waals surface area (Å²) in [5, 5.41) is 2.02. The molecule has 0 aliphatic carbocycles. The van der Waals surface area contributed by atoms with Gasteiger partial charge in [-0.1, -0.05) is 0 Å². The van der Waals surface area contributed by atoms with Crippen LogP contribution in [0.3, 0.4) is 0 Å². The normalized spacial score (nSPS) is 10.3. The average molecular weight is 279 g/mol. The Bertz CT molecular complexity index is 566. The highest BCUT2D eigenvalue weighted by Gasteiger charge is 2.18. The van der Waals surface area contributed by atoms with Gasteiger partial charge in [0, 0.05) is 22.5 Å². The molecular weight excluding hydrogens is 262 g/mol. The Morgan fingerprint density at radius 3 is 2.26 bits per heavy atom. The maximum atomic E-state index is 5.76. The van der Waals surface area contributed by atoms with Gasteiger partial charge in [0.1, 0.15) is 0 Å². The van der Waals surface area contributed by atoms with E-state index in [9.17, 15) is 0 Å². The minimum Gasteiger partial charge on any atom is -0.493 e. The summed E-state index contributed by atoms with van der Waals surface area (Å²) in [7, 11) is 4.82. The molecule has 102 valence electrons. The fourth-order valence-corrected chi connectivity index (χ4v) is 2.82. The van der Waals surface area contributed by atoms with Crippen LogP contribution in [0.15, 0.2) is 23.6 Å². The Morgan fingerprint density at radius 2 is 1.68 bits per heavy atom. The molecule has 2 N–H and O–H groups in total. The lowest BCUT2D eigenvalue weighted by atomic mass is 10.0. The van der Waals surface area contributed by atoms with Crippen molar-refractivity contribution < 1.29 is 14.2 Å². The summed E-state index contributed by atoms with van der Waals surface area (Å²) < 4.78 is 16.2. The van der Waals surface area contributed by atoms with Crippen LogP contribution in [0.4, 0.5) is 0 Å². The molecule has 1 aromatic heterocycles. The van der Waals surface area contributed by atoms with Crippen LogP contribution in [0.2, 0.25) is 0 Å². The molecule has 0 saturated heterocycles. The predicted molar refractivity (Wildman–Crippen MR) is 77.3 cm³/mol. The maximum Gasteiger partial charge on any atom is 0.203 e. The second-order valence-electron chi connectivity index (χ2n) is 3.84. The van der Waals surface area contributed by atoms with Crippen molar-refractivity contribution in [3.05, 3.63) is 28.5 Å². The third kappa shape index (κ3) is 2.39. The van der Waals surface area contributed by atoms with Gasteiger partial charge in [-0.05, 0) is 23.6 Å². The lowest BCUT2D eigenvalue weighted by Gasteiger charge is -2.15. The summed E-state index contributed by atoms with van der Waals surface area (Å²) in [5.41, 5.74) is 7.80. The zero-order valence-corrected chi connectivity index (χ0v) is 12.0. The number of nitrogens with two attached hydrogens (primary N) is 1. The number of ether oxygens (including phenoxy) is 3. The van der Waals surface area contributed by atoms with Crippen LogP contribution in [0.5, 0.6) is 17.2 Å². The first-order chi connectivity index (χ1) is 9.26. The summed E-state index contributed by atoms with van der Waals surface area (Å²) in [6, 6.07) is 5.87. The van der Waals surface area contributed by atoms with Crippen LogP contribution < -0.4 is 19.9 Å². The molecule has 0 saturated carbocycles. The van der Waals surface area contributed by atoms with Crippen molar-refractivity contribution in [1.82, 2.24) is 0 Å². The number of hydrogen-bond donors (Lipinski definition) is 1.